The van der Waals surface area contributed by atoms with Gasteiger partial charge in [0.25, 0.3) is 0 Å². The lowest BCUT2D eigenvalue weighted by Gasteiger charge is -2.20. The SMILES string of the molecule is CC(C)(C)c1c(N)nnn1-c1cc([N+](=O)[O-])c(F)cc1F. The first-order chi connectivity index (χ1) is 9.62. The Balaban J connectivity index is 2.74. The van der Waals surface area contributed by atoms with E-state index in [0.29, 0.717) is 11.8 Å². The largest absolute Gasteiger partial charge is 0.381 e. The predicted octanol–water partition coefficient (Wildman–Crippen LogP) is 2.33. The number of aromatic nitrogens is 3. The van der Waals surface area contributed by atoms with E-state index in [2.05, 4.69) is 10.3 Å². The molecule has 0 amide bonds. The van der Waals surface area contributed by atoms with Crippen LogP contribution in [0.5, 0.6) is 0 Å². The van der Waals surface area contributed by atoms with Gasteiger partial charge in [0.05, 0.1) is 10.6 Å². The molecule has 0 atom stereocenters. The number of anilines is 1. The molecule has 2 rings (SSSR count). The van der Waals surface area contributed by atoms with Crippen molar-refractivity contribution in [2.75, 3.05) is 5.73 Å². The summed E-state index contributed by atoms with van der Waals surface area (Å²) in [6.45, 7) is 5.40. The molecule has 0 spiro atoms. The molecule has 1 heterocycles. The first-order valence-corrected chi connectivity index (χ1v) is 5.98. The molecular formula is C12H13F2N5O2. The Labute approximate surface area is 118 Å². The minimum Gasteiger partial charge on any atom is -0.381 e. The summed E-state index contributed by atoms with van der Waals surface area (Å²) in [4.78, 5) is 9.84. The summed E-state index contributed by atoms with van der Waals surface area (Å²) in [7, 11) is 0. The van der Waals surface area contributed by atoms with Crippen molar-refractivity contribution in [1.82, 2.24) is 15.0 Å². The highest BCUT2D eigenvalue weighted by atomic mass is 19.1. The molecule has 0 aliphatic heterocycles. The van der Waals surface area contributed by atoms with E-state index in [1.54, 1.807) is 20.8 Å². The maximum absolute atomic E-state index is 14.0. The van der Waals surface area contributed by atoms with Crippen LogP contribution in [-0.2, 0) is 5.41 Å². The van der Waals surface area contributed by atoms with E-state index in [1.807, 2.05) is 0 Å². The second-order valence-electron chi connectivity index (χ2n) is 5.50. The van der Waals surface area contributed by atoms with Gasteiger partial charge in [-0.25, -0.2) is 9.07 Å². The molecule has 0 saturated carbocycles. The van der Waals surface area contributed by atoms with Crippen molar-refractivity contribution < 1.29 is 13.7 Å². The average molecular weight is 297 g/mol. The number of halogens is 2. The molecule has 0 fully saturated rings. The van der Waals surface area contributed by atoms with E-state index in [1.165, 1.54) is 0 Å². The fraction of sp³-hybridized carbons (Fsp3) is 0.333. The minimum absolute atomic E-state index is 0.0777. The molecule has 0 unspecified atom stereocenters. The minimum atomic E-state index is -1.26. The van der Waals surface area contributed by atoms with E-state index in [4.69, 9.17) is 5.73 Å². The highest BCUT2D eigenvalue weighted by molar-refractivity contribution is 5.49. The molecule has 1 aromatic carbocycles. The molecule has 0 bridgehead atoms. The van der Waals surface area contributed by atoms with Crippen molar-refractivity contribution in [3.05, 3.63) is 39.6 Å². The summed E-state index contributed by atoms with van der Waals surface area (Å²) in [5, 5.41) is 18.1. The number of hydrogen-bond acceptors (Lipinski definition) is 5. The van der Waals surface area contributed by atoms with Gasteiger partial charge in [-0.2, -0.15) is 4.39 Å². The van der Waals surface area contributed by atoms with Crippen LogP contribution >= 0.6 is 0 Å². The van der Waals surface area contributed by atoms with Crippen LogP contribution in [0.3, 0.4) is 0 Å². The summed E-state index contributed by atoms with van der Waals surface area (Å²) < 4.78 is 28.4. The van der Waals surface area contributed by atoms with E-state index < -0.39 is 27.7 Å². The van der Waals surface area contributed by atoms with Gasteiger partial charge in [0, 0.05) is 17.5 Å². The molecule has 0 radical (unpaired) electrons. The van der Waals surface area contributed by atoms with Crippen LogP contribution in [0.1, 0.15) is 26.5 Å². The Morgan fingerprint density at radius 3 is 2.43 bits per heavy atom. The summed E-state index contributed by atoms with van der Waals surface area (Å²) in [5.41, 5.74) is 4.43. The second-order valence-corrected chi connectivity index (χ2v) is 5.50. The third-order valence-corrected chi connectivity index (χ3v) is 2.85. The van der Waals surface area contributed by atoms with Crippen LogP contribution < -0.4 is 5.73 Å². The quantitative estimate of drug-likeness (QED) is 0.677. The molecule has 21 heavy (non-hydrogen) atoms. The topological polar surface area (TPSA) is 99.9 Å². The molecule has 1 aromatic heterocycles. The summed E-state index contributed by atoms with van der Waals surface area (Å²) >= 11 is 0. The van der Waals surface area contributed by atoms with Crippen LogP contribution in [0.15, 0.2) is 12.1 Å². The fourth-order valence-corrected chi connectivity index (χ4v) is 1.99. The zero-order valence-corrected chi connectivity index (χ0v) is 11.6. The Kier molecular flexibility index (Phi) is 3.36. The van der Waals surface area contributed by atoms with Crippen molar-refractivity contribution in [3.63, 3.8) is 0 Å². The van der Waals surface area contributed by atoms with Gasteiger partial charge >= 0.3 is 5.69 Å². The molecule has 7 nitrogen and oxygen atoms in total. The van der Waals surface area contributed by atoms with E-state index in [0.717, 1.165) is 10.7 Å². The van der Waals surface area contributed by atoms with Gasteiger partial charge < -0.3 is 5.73 Å². The monoisotopic (exact) mass is 297 g/mol. The van der Waals surface area contributed by atoms with Gasteiger partial charge in [-0.05, 0) is 0 Å². The van der Waals surface area contributed by atoms with Gasteiger partial charge in [0.1, 0.15) is 5.69 Å². The summed E-state index contributed by atoms with van der Waals surface area (Å²) in [6, 6.07) is 1.21. The Morgan fingerprint density at radius 2 is 1.90 bits per heavy atom. The van der Waals surface area contributed by atoms with Crippen molar-refractivity contribution in [2.24, 2.45) is 0 Å². The van der Waals surface area contributed by atoms with Gasteiger partial charge in [-0.3, -0.25) is 10.1 Å². The lowest BCUT2D eigenvalue weighted by molar-refractivity contribution is -0.387. The second kappa shape index (κ2) is 4.76. The Morgan fingerprint density at radius 1 is 1.29 bits per heavy atom. The molecule has 0 aliphatic rings. The van der Waals surface area contributed by atoms with E-state index in [-0.39, 0.29) is 11.5 Å². The van der Waals surface area contributed by atoms with Crippen molar-refractivity contribution in [1.29, 1.82) is 0 Å². The van der Waals surface area contributed by atoms with E-state index in [9.17, 15) is 18.9 Å². The zero-order chi connectivity index (χ0) is 15.9. The van der Waals surface area contributed by atoms with Crippen LogP contribution in [0.25, 0.3) is 5.69 Å². The number of nitro benzene ring substituents is 1. The first kappa shape index (κ1) is 14.8. The number of nitrogens with zero attached hydrogens (tertiary/aromatic N) is 4. The molecule has 9 heteroatoms. The molecular weight excluding hydrogens is 284 g/mol. The highest BCUT2D eigenvalue weighted by Gasteiger charge is 2.28. The van der Waals surface area contributed by atoms with Crippen LogP contribution in [0.2, 0.25) is 0 Å². The maximum Gasteiger partial charge on any atom is 0.307 e. The zero-order valence-electron chi connectivity index (χ0n) is 11.6. The molecule has 2 N–H and O–H groups in total. The van der Waals surface area contributed by atoms with Gasteiger partial charge in [-0.1, -0.05) is 26.0 Å². The standard InChI is InChI=1S/C12H13F2N5O2/c1-12(2,3)10-11(15)16-17-18(10)8-5-9(19(20)21)7(14)4-6(8)13/h4-5H,15H2,1-3H3. The molecule has 2 aromatic rings. The Hall–Kier alpha value is -2.58. The van der Waals surface area contributed by atoms with Gasteiger partial charge in [0.2, 0.25) is 5.82 Å². The van der Waals surface area contributed by atoms with E-state index >= 15 is 0 Å². The Bertz CT molecular complexity index is 721. The van der Waals surface area contributed by atoms with Crippen LogP contribution in [0.4, 0.5) is 20.3 Å². The third-order valence-electron chi connectivity index (χ3n) is 2.85. The lowest BCUT2D eigenvalue weighted by atomic mass is 9.91. The maximum atomic E-state index is 14.0. The molecule has 0 aliphatic carbocycles. The summed E-state index contributed by atoms with van der Waals surface area (Å²) in [6.07, 6.45) is 0. The van der Waals surface area contributed by atoms with Gasteiger partial charge in [0.15, 0.2) is 11.6 Å². The number of hydrogen-bond donors (Lipinski definition) is 1. The fourth-order valence-electron chi connectivity index (χ4n) is 1.99. The lowest BCUT2D eigenvalue weighted by Crippen LogP contribution is -2.20. The highest BCUT2D eigenvalue weighted by Crippen LogP contribution is 2.31. The summed E-state index contributed by atoms with van der Waals surface area (Å²) in [5.74, 6) is -2.17. The number of rotatable bonds is 2. The average Bonchev–Trinajstić information content (AvgIpc) is 2.70. The van der Waals surface area contributed by atoms with Crippen LogP contribution in [0, 0.1) is 21.7 Å². The van der Waals surface area contributed by atoms with Crippen LogP contribution in [-0.4, -0.2) is 19.9 Å². The molecule has 112 valence electrons. The van der Waals surface area contributed by atoms with Crippen molar-refractivity contribution in [3.8, 4) is 5.69 Å². The van der Waals surface area contributed by atoms with Crippen molar-refractivity contribution in [2.45, 2.75) is 26.2 Å². The predicted molar refractivity (Wildman–Crippen MR) is 71.0 cm³/mol. The smallest absolute Gasteiger partial charge is 0.307 e. The van der Waals surface area contributed by atoms with Gasteiger partial charge in [-0.15, -0.1) is 5.10 Å². The number of nitrogen functional groups attached to an aromatic ring is 1. The normalized spacial score (nSPS) is 11.7. The number of nitro groups is 1. The molecule has 0 saturated heterocycles. The number of benzene rings is 1. The first-order valence-electron chi connectivity index (χ1n) is 5.98. The van der Waals surface area contributed by atoms with Crippen molar-refractivity contribution >= 4 is 11.5 Å². The number of nitrogens with two attached hydrogens (primary N) is 1. The third kappa shape index (κ3) is 2.54.